The maximum atomic E-state index is 3.91. The molecule has 0 rings (SSSR count). The van der Waals surface area contributed by atoms with E-state index in [1.54, 1.807) is 0 Å². The topological polar surface area (TPSA) is 0 Å². The van der Waals surface area contributed by atoms with Gasteiger partial charge in [-0.05, 0) is 5.92 Å². The Labute approximate surface area is 111 Å². The number of unbranched alkanes of at least 4 members (excludes halogenated alkanes) is 9. The molecule has 0 saturated heterocycles. The molecule has 0 bridgehead atoms. The largest absolute Gasteiger partial charge is 0.0654 e. The summed E-state index contributed by atoms with van der Waals surface area (Å²) in [6.07, 6.45) is 18.3. The molecule has 0 aliphatic heterocycles. The molecule has 0 aliphatic carbocycles. The summed E-state index contributed by atoms with van der Waals surface area (Å²) in [5, 5.41) is 0. The van der Waals surface area contributed by atoms with E-state index in [4.69, 9.17) is 0 Å². The Morgan fingerprint density at radius 2 is 1.18 bits per heavy atom. The molecule has 0 aromatic heterocycles. The first-order valence-corrected chi connectivity index (χ1v) is 8.10. The number of hydrogen-bond donors (Lipinski definition) is 0. The van der Waals surface area contributed by atoms with Gasteiger partial charge < -0.3 is 0 Å². The van der Waals surface area contributed by atoms with Gasteiger partial charge in [0.1, 0.15) is 0 Å². The van der Waals surface area contributed by atoms with Crippen LogP contribution in [0.4, 0.5) is 0 Å². The lowest BCUT2D eigenvalue weighted by Crippen LogP contribution is -1.94. The van der Waals surface area contributed by atoms with Crippen LogP contribution >= 0.6 is 0 Å². The second-order valence-corrected chi connectivity index (χ2v) is 5.72. The second-order valence-electron chi connectivity index (χ2n) is 5.72. The summed E-state index contributed by atoms with van der Waals surface area (Å²) in [5.41, 5.74) is 0. The Hall–Kier alpha value is 0. The first-order chi connectivity index (χ1) is 8.31. The average molecular weight is 239 g/mol. The predicted molar refractivity (Wildman–Crippen MR) is 80.2 cm³/mol. The molecule has 0 N–H and O–H groups in total. The van der Waals surface area contributed by atoms with Gasteiger partial charge >= 0.3 is 0 Å². The monoisotopic (exact) mass is 239 g/mol. The summed E-state index contributed by atoms with van der Waals surface area (Å²) in [6.45, 7) is 8.60. The third-order valence-corrected chi connectivity index (χ3v) is 3.75. The molecule has 0 spiro atoms. The van der Waals surface area contributed by atoms with Crippen LogP contribution in [0.25, 0.3) is 0 Å². The maximum absolute atomic E-state index is 3.91. The maximum Gasteiger partial charge on any atom is -0.0443 e. The van der Waals surface area contributed by atoms with Gasteiger partial charge in [-0.2, -0.15) is 0 Å². The summed E-state index contributed by atoms with van der Waals surface area (Å²) in [5.74, 6) is 0.932. The van der Waals surface area contributed by atoms with Crippen molar-refractivity contribution in [1.82, 2.24) is 0 Å². The highest BCUT2D eigenvalue weighted by Crippen LogP contribution is 2.17. The summed E-state index contributed by atoms with van der Waals surface area (Å²) < 4.78 is 0. The predicted octanol–water partition coefficient (Wildman–Crippen LogP) is 6.55. The highest BCUT2D eigenvalue weighted by atomic mass is 14.1. The zero-order valence-corrected chi connectivity index (χ0v) is 12.5. The van der Waals surface area contributed by atoms with Crippen molar-refractivity contribution in [2.24, 2.45) is 5.92 Å². The van der Waals surface area contributed by atoms with Crippen LogP contribution in [-0.2, 0) is 0 Å². The van der Waals surface area contributed by atoms with Gasteiger partial charge in [-0.15, -0.1) is 0 Å². The summed E-state index contributed by atoms with van der Waals surface area (Å²) >= 11 is 0. The molecule has 0 saturated carbocycles. The quantitative estimate of drug-likeness (QED) is 0.320. The lowest BCUT2D eigenvalue weighted by atomic mass is 9.97. The van der Waals surface area contributed by atoms with Gasteiger partial charge in [-0.1, -0.05) is 104 Å². The SMILES string of the molecule is [CH2]CCCC(C)CCCCCCCCCCC. The van der Waals surface area contributed by atoms with Gasteiger partial charge in [-0.25, -0.2) is 0 Å². The fourth-order valence-electron chi connectivity index (χ4n) is 2.44. The lowest BCUT2D eigenvalue weighted by molar-refractivity contribution is 0.444. The Morgan fingerprint density at radius 1 is 0.706 bits per heavy atom. The molecule has 0 heteroatoms. The Balaban J connectivity index is 3.02. The smallest absolute Gasteiger partial charge is 0.0443 e. The van der Waals surface area contributed by atoms with E-state index >= 15 is 0 Å². The van der Waals surface area contributed by atoms with Crippen LogP contribution in [0.15, 0.2) is 0 Å². The van der Waals surface area contributed by atoms with Gasteiger partial charge in [0, 0.05) is 0 Å². The molecular formula is C17H35. The fraction of sp³-hybridized carbons (Fsp3) is 0.941. The van der Waals surface area contributed by atoms with Crippen LogP contribution in [0.3, 0.4) is 0 Å². The third-order valence-electron chi connectivity index (χ3n) is 3.75. The van der Waals surface area contributed by atoms with Gasteiger partial charge in [-0.3, -0.25) is 0 Å². The van der Waals surface area contributed by atoms with Crippen LogP contribution < -0.4 is 0 Å². The van der Waals surface area contributed by atoms with Gasteiger partial charge in [0.15, 0.2) is 0 Å². The van der Waals surface area contributed by atoms with Crippen molar-refractivity contribution in [2.75, 3.05) is 0 Å². The molecule has 0 heterocycles. The highest BCUT2D eigenvalue weighted by Gasteiger charge is 2.00. The molecule has 1 unspecified atom stereocenters. The van der Waals surface area contributed by atoms with Crippen LogP contribution in [0, 0.1) is 12.8 Å². The molecule has 103 valence electrons. The summed E-state index contributed by atoms with van der Waals surface area (Å²) in [4.78, 5) is 0. The van der Waals surface area contributed by atoms with Crippen molar-refractivity contribution in [1.29, 1.82) is 0 Å². The first kappa shape index (κ1) is 17.0. The van der Waals surface area contributed by atoms with Crippen molar-refractivity contribution >= 4 is 0 Å². The van der Waals surface area contributed by atoms with Gasteiger partial charge in [0.05, 0.1) is 0 Å². The molecule has 0 fully saturated rings. The molecule has 1 radical (unpaired) electrons. The highest BCUT2D eigenvalue weighted by molar-refractivity contribution is 4.55. The minimum atomic E-state index is 0.932. The molecule has 0 aromatic rings. The zero-order valence-electron chi connectivity index (χ0n) is 12.5. The Bertz CT molecular complexity index is 128. The molecule has 0 amide bonds. The zero-order chi connectivity index (χ0) is 12.8. The van der Waals surface area contributed by atoms with Crippen LogP contribution in [0.2, 0.25) is 0 Å². The van der Waals surface area contributed by atoms with Gasteiger partial charge in [0.2, 0.25) is 0 Å². The van der Waals surface area contributed by atoms with Crippen LogP contribution in [0.1, 0.15) is 97.3 Å². The number of rotatable bonds is 13. The normalized spacial score (nSPS) is 12.9. The molecule has 0 aromatic carbocycles. The van der Waals surface area contributed by atoms with Crippen molar-refractivity contribution in [3.05, 3.63) is 6.92 Å². The second kappa shape index (κ2) is 14.1. The third kappa shape index (κ3) is 13.9. The summed E-state index contributed by atoms with van der Waals surface area (Å²) in [7, 11) is 0. The van der Waals surface area contributed by atoms with E-state index in [9.17, 15) is 0 Å². The van der Waals surface area contributed by atoms with E-state index in [0.717, 1.165) is 12.3 Å². The molecular weight excluding hydrogens is 204 g/mol. The van der Waals surface area contributed by atoms with E-state index < -0.39 is 0 Å². The molecule has 0 aliphatic rings. The van der Waals surface area contributed by atoms with Gasteiger partial charge in [0.25, 0.3) is 0 Å². The molecule has 1 atom stereocenters. The fourth-order valence-corrected chi connectivity index (χ4v) is 2.44. The van der Waals surface area contributed by atoms with Crippen molar-refractivity contribution in [2.45, 2.75) is 97.3 Å². The van der Waals surface area contributed by atoms with E-state index in [0.29, 0.717) is 0 Å². The number of hydrogen-bond acceptors (Lipinski definition) is 0. The van der Waals surface area contributed by atoms with Crippen molar-refractivity contribution in [3.63, 3.8) is 0 Å². The van der Waals surface area contributed by atoms with Crippen molar-refractivity contribution in [3.8, 4) is 0 Å². The Morgan fingerprint density at radius 3 is 1.71 bits per heavy atom. The first-order valence-electron chi connectivity index (χ1n) is 8.10. The molecule has 0 nitrogen and oxygen atoms in total. The standard InChI is InChI=1S/C17H35/c1-4-6-8-9-10-11-12-13-14-16-17(3)15-7-5-2/h17H,2,4-16H2,1,3H3. The van der Waals surface area contributed by atoms with E-state index in [1.165, 1.54) is 77.0 Å². The van der Waals surface area contributed by atoms with E-state index in [2.05, 4.69) is 20.8 Å². The minimum absolute atomic E-state index is 0.932. The lowest BCUT2D eigenvalue weighted by Gasteiger charge is -2.10. The van der Waals surface area contributed by atoms with Crippen LogP contribution in [0.5, 0.6) is 0 Å². The van der Waals surface area contributed by atoms with E-state index in [-0.39, 0.29) is 0 Å². The summed E-state index contributed by atoms with van der Waals surface area (Å²) in [6, 6.07) is 0. The minimum Gasteiger partial charge on any atom is -0.0654 e. The van der Waals surface area contributed by atoms with E-state index in [1.807, 2.05) is 0 Å². The molecule has 17 heavy (non-hydrogen) atoms. The van der Waals surface area contributed by atoms with Crippen molar-refractivity contribution < 1.29 is 0 Å². The average Bonchev–Trinajstić information content (AvgIpc) is 2.34. The Kier molecular flexibility index (Phi) is 14.1. The van der Waals surface area contributed by atoms with Crippen LogP contribution in [-0.4, -0.2) is 0 Å².